The first-order chi connectivity index (χ1) is 19.2. The van der Waals surface area contributed by atoms with Gasteiger partial charge < -0.3 is 24.4 Å². The number of carboxylic acid groups (broad SMARTS) is 1. The van der Waals surface area contributed by atoms with E-state index in [2.05, 4.69) is 6.92 Å². The van der Waals surface area contributed by atoms with Crippen LogP contribution in [0.4, 0.5) is 5.69 Å². The van der Waals surface area contributed by atoms with Crippen molar-refractivity contribution in [1.82, 2.24) is 9.80 Å². The molecule has 10 nitrogen and oxygen atoms in total. The fourth-order valence-electron chi connectivity index (χ4n) is 5.87. The monoisotopic (exact) mass is 553 g/mol. The minimum absolute atomic E-state index is 0.0509. The van der Waals surface area contributed by atoms with Gasteiger partial charge in [0, 0.05) is 51.1 Å². The molecule has 3 atom stereocenters. The molecule has 4 rings (SSSR count). The van der Waals surface area contributed by atoms with Crippen molar-refractivity contribution >= 4 is 23.5 Å². The SMILES string of the molecule is CCCCN(C(=O)CN1C[C@H](c2ccc3c(c2)OCO3)C(C(=O)O)[C@@H]1CCN(CC)C(C)=O)c1ccc[n+](C)c1. The van der Waals surface area contributed by atoms with Gasteiger partial charge in [0.1, 0.15) is 12.7 Å². The third-order valence-corrected chi connectivity index (χ3v) is 7.99. The normalized spacial score (nSPS) is 19.9. The number of pyridine rings is 1. The van der Waals surface area contributed by atoms with Crippen LogP contribution in [0.25, 0.3) is 0 Å². The number of ether oxygens (including phenoxy) is 2. The lowest BCUT2D eigenvalue weighted by atomic mass is 9.84. The lowest BCUT2D eigenvalue weighted by Crippen LogP contribution is -2.46. The molecule has 1 aromatic carbocycles. The highest BCUT2D eigenvalue weighted by Crippen LogP contribution is 2.42. The molecule has 0 radical (unpaired) electrons. The van der Waals surface area contributed by atoms with Gasteiger partial charge in [-0.1, -0.05) is 19.4 Å². The standard InChI is InChI=1S/C30H40N4O6/c1-5-7-14-34(23-9-8-13-31(4)17-23)28(36)19-33-18-24(22-10-11-26-27(16-22)40-20-39-26)29(30(37)38)25(33)12-15-32(6-2)21(3)35/h8-11,13,16-17,24-25,29H,5-7,12,14-15,18-20H2,1-4H3/p+1/t24-,25+,29?/m1/s1. The Bertz CT molecular complexity index is 1220. The number of benzene rings is 1. The van der Waals surface area contributed by atoms with Gasteiger partial charge >= 0.3 is 5.97 Å². The number of aryl methyl sites for hydroxylation is 1. The molecule has 216 valence electrons. The van der Waals surface area contributed by atoms with Crippen molar-refractivity contribution in [3.63, 3.8) is 0 Å². The molecule has 1 saturated heterocycles. The molecule has 0 saturated carbocycles. The lowest BCUT2D eigenvalue weighted by molar-refractivity contribution is -0.670. The van der Waals surface area contributed by atoms with Gasteiger partial charge in [-0.3, -0.25) is 19.3 Å². The van der Waals surface area contributed by atoms with E-state index in [1.54, 1.807) is 9.80 Å². The second-order valence-corrected chi connectivity index (χ2v) is 10.6. The molecule has 3 heterocycles. The Hall–Kier alpha value is -3.66. The molecular formula is C30H41N4O6+. The Morgan fingerprint density at radius 1 is 1.12 bits per heavy atom. The van der Waals surface area contributed by atoms with E-state index < -0.39 is 17.9 Å². The summed E-state index contributed by atoms with van der Waals surface area (Å²) in [7, 11) is 1.92. The Morgan fingerprint density at radius 2 is 1.90 bits per heavy atom. The molecule has 40 heavy (non-hydrogen) atoms. The van der Waals surface area contributed by atoms with E-state index >= 15 is 0 Å². The fraction of sp³-hybridized carbons (Fsp3) is 0.533. The molecule has 1 aromatic heterocycles. The quantitative estimate of drug-likeness (QED) is 0.403. The maximum absolute atomic E-state index is 13.9. The number of carboxylic acids is 1. The van der Waals surface area contributed by atoms with Crippen LogP contribution in [0.5, 0.6) is 11.5 Å². The van der Waals surface area contributed by atoms with Crippen molar-refractivity contribution < 1.29 is 33.5 Å². The Labute approximate surface area is 236 Å². The summed E-state index contributed by atoms with van der Waals surface area (Å²) in [4.78, 5) is 44.3. The van der Waals surface area contributed by atoms with Crippen LogP contribution >= 0.6 is 0 Å². The van der Waals surface area contributed by atoms with E-state index in [0.29, 0.717) is 44.1 Å². The summed E-state index contributed by atoms with van der Waals surface area (Å²) in [6.45, 7) is 7.70. The number of unbranched alkanes of at least 4 members (excludes halogenated alkanes) is 1. The van der Waals surface area contributed by atoms with Gasteiger partial charge in [-0.15, -0.1) is 0 Å². The molecular weight excluding hydrogens is 512 g/mol. The highest BCUT2D eigenvalue weighted by molar-refractivity contribution is 5.94. The molecule has 0 spiro atoms. The topological polar surface area (TPSA) is 104 Å². The molecule has 10 heteroatoms. The minimum atomic E-state index is -0.911. The fourth-order valence-corrected chi connectivity index (χ4v) is 5.87. The Balaban J connectivity index is 1.64. The zero-order valence-electron chi connectivity index (χ0n) is 23.9. The highest BCUT2D eigenvalue weighted by atomic mass is 16.7. The molecule has 0 aliphatic carbocycles. The van der Waals surface area contributed by atoms with Crippen LogP contribution in [0.1, 0.15) is 51.5 Å². The zero-order chi connectivity index (χ0) is 28.8. The van der Waals surface area contributed by atoms with E-state index in [4.69, 9.17) is 9.47 Å². The maximum atomic E-state index is 13.9. The van der Waals surface area contributed by atoms with Crippen molar-refractivity contribution in [2.24, 2.45) is 13.0 Å². The summed E-state index contributed by atoms with van der Waals surface area (Å²) in [5.74, 6) is -0.896. The molecule has 2 aliphatic rings. The average Bonchev–Trinajstić information content (AvgIpc) is 3.53. The van der Waals surface area contributed by atoms with Crippen molar-refractivity contribution in [3.8, 4) is 11.5 Å². The van der Waals surface area contributed by atoms with E-state index in [0.717, 1.165) is 24.1 Å². The van der Waals surface area contributed by atoms with Crippen molar-refractivity contribution in [3.05, 3.63) is 48.3 Å². The van der Waals surface area contributed by atoms with Crippen molar-refractivity contribution in [2.75, 3.05) is 44.4 Å². The van der Waals surface area contributed by atoms with Crippen LogP contribution in [-0.4, -0.2) is 78.2 Å². The summed E-state index contributed by atoms with van der Waals surface area (Å²) in [5, 5.41) is 10.5. The smallest absolute Gasteiger partial charge is 0.308 e. The number of aliphatic carboxylic acids is 1. The van der Waals surface area contributed by atoms with Crippen LogP contribution in [0.15, 0.2) is 42.7 Å². The van der Waals surface area contributed by atoms with Gasteiger partial charge in [0.25, 0.3) is 0 Å². The molecule has 1 N–H and O–H groups in total. The zero-order valence-corrected chi connectivity index (χ0v) is 23.9. The second-order valence-electron chi connectivity index (χ2n) is 10.6. The molecule has 1 unspecified atom stereocenters. The van der Waals surface area contributed by atoms with E-state index in [9.17, 15) is 19.5 Å². The van der Waals surface area contributed by atoms with Gasteiger partial charge in [-0.2, -0.15) is 0 Å². The first-order valence-corrected chi connectivity index (χ1v) is 14.1. The van der Waals surface area contributed by atoms with Gasteiger partial charge in [0.05, 0.1) is 12.5 Å². The van der Waals surface area contributed by atoms with E-state index in [-0.39, 0.29) is 31.1 Å². The van der Waals surface area contributed by atoms with Crippen LogP contribution < -0.4 is 18.9 Å². The summed E-state index contributed by atoms with van der Waals surface area (Å²) in [6, 6.07) is 8.98. The summed E-state index contributed by atoms with van der Waals surface area (Å²) in [5.41, 5.74) is 1.66. The van der Waals surface area contributed by atoms with E-state index in [1.807, 2.05) is 66.2 Å². The first-order valence-electron chi connectivity index (χ1n) is 14.1. The Kier molecular flexibility index (Phi) is 9.63. The van der Waals surface area contributed by atoms with Crippen molar-refractivity contribution in [2.45, 2.75) is 52.0 Å². The van der Waals surface area contributed by atoms with Gasteiger partial charge in [-0.05, 0) is 43.5 Å². The first kappa shape index (κ1) is 29.3. The molecule has 1 fully saturated rings. The number of aromatic nitrogens is 1. The number of likely N-dealkylation sites (tertiary alicyclic amines) is 1. The number of carbonyl (C=O) groups excluding carboxylic acids is 2. The number of amides is 2. The van der Waals surface area contributed by atoms with Crippen LogP contribution in [-0.2, 0) is 21.4 Å². The lowest BCUT2D eigenvalue weighted by Gasteiger charge is -2.31. The number of carbonyl (C=O) groups is 3. The number of hydrogen-bond donors (Lipinski definition) is 1. The summed E-state index contributed by atoms with van der Waals surface area (Å²) < 4.78 is 12.9. The van der Waals surface area contributed by atoms with Gasteiger partial charge in [0.15, 0.2) is 23.9 Å². The van der Waals surface area contributed by atoms with Crippen LogP contribution in [0.2, 0.25) is 0 Å². The predicted octanol–water partition coefficient (Wildman–Crippen LogP) is 2.80. The Morgan fingerprint density at radius 3 is 2.58 bits per heavy atom. The van der Waals surface area contributed by atoms with Gasteiger partial charge in [0.2, 0.25) is 18.6 Å². The largest absolute Gasteiger partial charge is 0.481 e. The van der Waals surface area contributed by atoms with Gasteiger partial charge in [-0.25, -0.2) is 4.57 Å². The third-order valence-electron chi connectivity index (χ3n) is 7.99. The van der Waals surface area contributed by atoms with Crippen molar-refractivity contribution in [1.29, 1.82) is 0 Å². The third kappa shape index (κ3) is 6.55. The number of hydrogen-bond acceptors (Lipinski definition) is 6. The summed E-state index contributed by atoms with van der Waals surface area (Å²) in [6.07, 6.45) is 6.10. The average molecular weight is 554 g/mol. The summed E-state index contributed by atoms with van der Waals surface area (Å²) >= 11 is 0. The maximum Gasteiger partial charge on any atom is 0.308 e. The number of rotatable bonds is 12. The number of anilines is 1. The predicted molar refractivity (Wildman–Crippen MR) is 149 cm³/mol. The van der Waals surface area contributed by atoms with Crippen LogP contribution in [0, 0.1) is 5.92 Å². The van der Waals surface area contributed by atoms with Crippen LogP contribution in [0.3, 0.4) is 0 Å². The second kappa shape index (κ2) is 13.1. The minimum Gasteiger partial charge on any atom is -0.481 e. The molecule has 2 aromatic rings. The number of fused-ring (bicyclic) bond motifs is 1. The number of nitrogens with zero attached hydrogens (tertiary/aromatic N) is 4. The van der Waals surface area contributed by atoms with E-state index in [1.165, 1.54) is 6.92 Å². The molecule has 2 aliphatic heterocycles. The molecule has 0 bridgehead atoms. The molecule has 2 amide bonds. The highest BCUT2D eigenvalue weighted by Gasteiger charge is 2.47.